The van der Waals surface area contributed by atoms with Gasteiger partial charge in [0, 0.05) is 29.9 Å². The molecule has 0 unspecified atom stereocenters. The van der Waals surface area contributed by atoms with Crippen molar-refractivity contribution in [1.29, 1.82) is 0 Å². The maximum atomic E-state index is 10.9. The highest BCUT2D eigenvalue weighted by molar-refractivity contribution is 6.31. The number of halogens is 1. The number of nitrogens with one attached hydrogen (secondary N) is 2. The highest BCUT2D eigenvalue weighted by Gasteiger charge is 1.99. The minimum atomic E-state index is -0.0724. The first-order valence-corrected chi connectivity index (χ1v) is 6.38. The van der Waals surface area contributed by atoms with Gasteiger partial charge in [-0.2, -0.15) is 0 Å². The Morgan fingerprint density at radius 1 is 1.05 bits per heavy atom. The van der Waals surface area contributed by atoms with Gasteiger partial charge < -0.3 is 10.6 Å². The molecule has 2 rings (SSSR count). The molecule has 0 heterocycles. The monoisotopic (exact) mass is 274 g/mol. The van der Waals surface area contributed by atoms with Crippen LogP contribution in [0.5, 0.6) is 0 Å². The largest absolute Gasteiger partial charge is 0.381 e. The van der Waals surface area contributed by atoms with Crippen LogP contribution in [0.4, 0.5) is 11.4 Å². The highest BCUT2D eigenvalue weighted by atomic mass is 35.5. The summed E-state index contributed by atoms with van der Waals surface area (Å²) in [6.07, 6.45) is 0. The second kappa shape index (κ2) is 6.25. The molecule has 0 saturated heterocycles. The minimum absolute atomic E-state index is 0.0724. The van der Waals surface area contributed by atoms with Gasteiger partial charge in [-0.25, -0.2) is 0 Å². The van der Waals surface area contributed by atoms with E-state index in [9.17, 15) is 4.79 Å². The second-order valence-corrected chi connectivity index (χ2v) is 4.61. The van der Waals surface area contributed by atoms with E-state index in [1.54, 1.807) is 0 Å². The number of anilines is 2. The lowest BCUT2D eigenvalue weighted by atomic mass is 10.2. The molecule has 98 valence electrons. The molecule has 0 bridgehead atoms. The van der Waals surface area contributed by atoms with Gasteiger partial charge in [0.2, 0.25) is 5.91 Å². The molecular formula is C15H15ClN2O. The molecule has 4 heteroatoms. The molecule has 0 spiro atoms. The van der Waals surface area contributed by atoms with Crippen molar-refractivity contribution in [2.75, 3.05) is 10.6 Å². The zero-order chi connectivity index (χ0) is 13.7. The quantitative estimate of drug-likeness (QED) is 0.887. The molecule has 0 aromatic heterocycles. The Hall–Kier alpha value is -2.00. The summed E-state index contributed by atoms with van der Waals surface area (Å²) in [5.41, 5.74) is 2.82. The van der Waals surface area contributed by atoms with Crippen LogP contribution in [-0.4, -0.2) is 5.91 Å². The third kappa shape index (κ3) is 4.00. The fourth-order valence-electron chi connectivity index (χ4n) is 1.71. The summed E-state index contributed by atoms with van der Waals surface area (Å²) in [6.45, 7) is 2.16. The molecule has 0 saturated carbocycles. The molecule has 1 amide bonds. The van der Waals surface area contributed by atoms with Gasteiger partial charge >= 0.3 is 0 Å². The van der Waals surface area contributed by atoms with E-state index < -0.39 is 0 Å². The Morgan fingerprint density at radius 3 is 2.32 bits per heavy atom. The number of carbonyl (C=O) groups is 1. The molecule has 2 aromatic rings. The number of hydrogen-bond acceptors (Lipinski definition) is 2. The van der Waals surface area contributed by atoms with Crippen molar-refractivity contribution in [2.24, 2.45) is 0 Å². The fourth-order valence-corrected chi connectivity index (χ4v) is 1.92. The zero-order valence-electron chi connectivity index (χ0n) is 10.6. The van der Waals surface area contributed by atoms with E-state index in [0.717, 1.165) is 22.0 Å². The molecule has 0 atom stereocenters. The van der Waals surface area contributed by atoms with Crippen LogP contribution < -0.4 is 10.6 Å². The molecule has 2 N–H and O–H groups in total. The van der Waals surface area contributed by atoms with E-state index in [1.165, 1.54) is 6.92 Å². The minimum Gasteiger partial charge on any atom is -0.381 e. The van der Waals surface area contributed by atoms with E-state index in [-0.39, 0.29) is 5.91 Å². The fraction of sp³-hybridized carbons (Fsp3) is 0.133. The Morgan fingerprint density at radius 2 is 1.68 bits per heavy atom. The Labute approximate surface area is 117 Å². The molecule has 0 aliphatic heterocycles. The first kappa shape index (κ1) is 13.4. The molecular weight excluding hydrogens is 260 g/mol. The van der Waals surface area contributed by atoms with Crippen molar-refractivity contribution in [1.82, 2.24) is 0 Å². The molecule has 0 fully saturated rings. The first-order valence-electron chi connectivity index (χ1n) is 6.00. The van der Waals surface area contributed by atoms with Gasteiger partial charge in [0.15, 0.2) is 0 Å². The number of rotatable bonds is 4. The third-order valence-electron chi connectivity index (χ3n) is 2.65. The van der Waals surface area contributed by atoms with Crippen LogP contribution in [0.1, 0.15) is 12.5 Å². The predicted octanol–water partition coefficient (Wildman–Crippen LogP) is 3.91. The van der Waals surface area contributed by atoms with E-state index in [4.69, 9.17) is 11.6 Å². The lowest BCUT2D eigenvalue weighted by Crippen LogP contribution is -2.05. The van der Waals surface area contributed by atoms with Gasteiger partial charge in [-0.1, -0.05) is 29.8 Å². The average Bonchev–Trinajstić information content (AvgIpc) is 2.39. The van der Waals surface area contributed by atoms with Crippen LogP contribution in [-0.2, 0) is 11.3 Å². The number of carbonyl (C=O) groups excluding carboxylic acids is 1. The SMILES string of the molecule is CC(=O)Nc1ccc(NCc2ccccc2Cl)cc1. The molecule has 0 aliphatic carbocycles. The summed E-state index contributed by atoms with van der Waals surface area (Å²) >= 11 is 6.09. The van der Waals surface area contributed by atoms with Crippen LogP contribution in [0.25, 0.3) is 0 Å². The number of hydrogen-bond donors (Lipinski definition) is 2. The van der Waals surface area contributed by atoms with Crippen LogP contribution >= 0.6 is 11.6 Å². The van der Waals surface area contributed by atoms with Gasteiger partial charge in [-0.15, -0.1) is 0 Å². The van der Waals surface area contributed by atoms with Crippen LogP contribution in [0.2, 0.25) is 5.02 Å². The summed E-state index contributed by atoms with van der Waals surface area (Å²) in [5, 5.41) is 6.77. The van der Waals surface area contributed by atoms with E-state index in [2.05, 4.69) is 10.6 Å². The van der Waals surface area contributed by atoms with Gasteiger partial charge in [-0.05, 0) is 35.9 Å². The Kier molecular flexibility index (Phi) is 4.42. The van der Waals surface area contributed by atoms with Crippen molar-refractivity contribution in [3.05, 3.63) is 59.1 Å². The van der Waals surface area contributed by atoms with Crippen molar-refractivity contribution < 1.29 is 4.79 Å². The van der Waals surface area contributed by atoms with Gasteiger partial charge in [0.1, 0.15) is 0 Å². The molecule has 2 aromatic carbocycles. The Bertz CT molecular complexity index is 567. The molecule has 3 nitrogen and oxygen atoms in total. The summed E-state index contributed by atoms with van der Waals surface area (Å²) < 4.78 is 0. The lowest BCUT2D eigenvalue weighted by Gasteiger charge is -2.09. The van der Waals surface area contributed by atoms with Gasteiger partial charge in [0.25, 0.3) is 0 Å². The third-order valence-corrected chi connectivity index (χ3v) is 3.01. The van der Waals surface area contributed by atoms with E-state index in [0.29, 0.717) is 6.54 Å². The standard InChI is InChI=1S/C15H15ClN2O/c1-11(19)18-14-8-6-13(7-9-14)17-10-12-4-2-3-5-15(12)16/h2-9,17H,10H2,1H3,(H,18,19). The van der Waals surface area contributed by atoms with Gasteiger partial charge in [-0.3, -0.25) is 4.79 Å². The topological polar surface area (TPSA) is 41.1 Å². The maximum Gasteiger partial charge on any atom is 0.221 e. The first-order chi connectivity index (χ1) is 9.15. The molecule has 0 radical (unpaired) electrons. The Balaban J connectivity index is 1.97. The van der Waals surface area contributed by atoms with E-state index in [1.807, 2.05) is 48.5 Å². The van der Waals surface area contributed by atoms with Crippen LogP contribution in [0.15, 0.2) is 48.5 Å². The van der Waals surface area contributed by atoms with E-state index >= 15 is 0 Å². The number of amides is 1. The average molecular weight is 275 g/mol. The molecule has 0 aliphatic rings. The van der Waals surface area contributed by atoms with Crippen LogP contribution in [0, 0.1) is 0 Å². The summed E-state index contributed by atoms with van der Waals surface area (Å²) in [4.78, 5) is 10.9. The summed E-state index contributed by atoms with van der Waals surface area (Å²) in [5.74, 6) is -0.0724. The summed E-state index contributed by atoms with van der Waals surface area (Å²) in [6, 6.07) is 15.3. The number of benzene rings is 2. The molecule has 19 heavy (non-hydrogen) atoms. The normalized spacial score (nSPS) is 10.0. The van der Waals surface area contributed by atoms with Crippen LogP contribution in [0.3, 0.4) is 0 Å². The second-order valence-electron chi connectivity index (χ2n) is 4.20. The lowest BCUT2D eigenvalue weighted by molar-refractivity contribution is -0.114. The summed E-state index contributed by atoms with van der Waals surface area (Å²) in [7, 11) is 0. The van der Waals surface area contributed by atoms with Crippen molar-refractivity contribution in [2.45, 2.75) is 13.5 Å². The zero-order valence-corrected chi connectivity index (χ0v) is 11.4. The predicted molar refractivity (Wildman–Crippen MR) is 79.5 cm³/mol. The van der Waals surface area contributed by atoms with Crippen molar-refractivity contribution in [3.63, 3.8) is 0 Å². The maximum absolute atomic E-state index is 10.9. The van der Waals surface area contributed by atoms with Crippen molar-refractivity contribution >= 4 is 28.9 Å². The smallest absolute Gasteiger partial charge is 0.221 e. The highest BCUT2D eigenvalue weighted by Crippen LogP contribution is 2.18. The van der Waals surface area contributed by atoms with Gasteiger partial charge in [0.05, 0.1) is 0 Å². The van der Waals surface area contributed by atoms with Crippen molar-refractivity contribution in [3.8, 4) is 0 Å².